The molecular formula is C19H20N2O5. The van der Waals surface area contributed by atoms with E-state index in [2.05, 4.69) is 15.4 Å². The summed E-state index contributed by atoms with van der Waals surface area (Å²) in [6.07, 6.45) is -0.780. The molecule has 2 amide bonds. The first-order chi connectivity index (χ1) is 12.4. The van der Waals surface area contributed by atoms with Crippen LogP contribution in [0, 0.1) is 0 Å². The summed E-state index contributed by atoms with van der Waals surface area (Å²) >= 11 is 0. The standard InChI is InChI=1S/C19H20N2O5/c1-12(26-17-6-4-5-14(11-17)19(24)25-3)18(23)21-16-9-7-15(8-10-16)20-13(2)22/h4-12H,1-3H3,(H,20,22)(H,21,23)/t12-/m0/s1. The maximum absolute atomic E-state index is 12.3. The average Bonchev–Trinajstić information content (AvgIpc) is 2.62. The van der Waals surface area contributed by atoms with Crippen LogP contribution in [0.4, 0.5) is 11.4 Å². The second kappa shape index (κ2) is 8.66. The molecule has 0 aliphatic rings. The van der Waals surface area contributed by atoms with Gasteiger partial charge in [0.25, 0.3) is 5.91 Å². The number of benzene rings is 2. The van der Waals surface area contributed by atoms with Crippen molar-refractivity contribution in [3.63, 3.8) is 0 Å². The number of nitrogens with one attached hydrogen (secondary N) is 2. The molecule has 0 heterocycles. The van der Waals surface area contributed by atoms with E-state index in [0.717, 1.165) is 0 Å². The molecule has 0 aliphatic carbocycles. The van der Waals surface area contributed by atoms with Gasteiger partial charge in [0.1, 0.15) is 5.75 Å². The van der Waals surface area contributed by atoms with Crippen molar-refractivity contribution in [2.24, 2.45) is 0 Å². The van der Waals surface area contributed by atoms with Crippen molar-refractivity contribution in [3.8, 4) is 5.75 Å². The Balaban J connectivity index is 1.97. The van der Waals surface area contributed by atoms with Gasteiger partial charge in [-0.05, 0) is 49.4 Å². The first-order valence-corrected chi connectivity index (χ1v) is 7.92. The Bertz CT molecular complexity index is 802. The van der Waals surface area contributed by atoms with Gasteiger partial charge in [-0.15, -0.1) is 0 Å². The summed E-state index contributed by atoms with van der Waals surface area (Å²) in [5.41, 5.74) is 1.55. The first kappa shape index (κ1) is 19.0. The molecule has 2 rings (SSSR count). The molecule has 0 radical (unpaired) electrons. The monoisotopic (exact) mass is 356 g/mol. The van der Waals surface area contributed by atoms with Crippen LogP contribution in [0.2, 0.25) is 0 Å². The average molecular weight is 356 g/mol. The number of amides is 2. The van der Waals surface area contributed by atoms with Crippen molar-refractivity contribution in [1.82, 2.24) is 0 Å². The molecule has 0 aliphatic heterocycles. The van der Waals surface area contributed by atoms with Crippen LogP contribution < -0.4 is 15.4 Å². The van der Waals surface area contributed by atoms with E-state index in [1.54, 1.807) is 49.4 Å². The van der Waals surface area contributed by atoms with Crippen molar-refractivity contribution >= 4 is 29.2 Å². The molecule has 0 fully saturated rings. The Kier molecular flexibility index (Phi) is 6.32. The highest BCUT2D eigenvalue weighted by Crippen LogP contribution is 2.17. The van der Waals surface area contributed by atoms with E-state index in [4.69, 9.17) is 4.74 Å². The lowest BCUT2D eigenvalue weighted by molar-refractivity contribution is -0.122. The molecule has 0 saturated heterocycles. The normalized spacial score (nSPS) is 11.2. The fourth-order valence-corrected chi connectivity index (χ4v) is 2.16. The lowest BCUT2D eigenvalue weighted by Crippen LogP contribution is -2.30. The summed E-state index contributed by atoms with van der Waals surface area (Å²) in [4.78, 5) is 34.8. The van der Waals surface area contributed by atoms with Gasteiger partial charge in [-0.3, -0.25) is 9.59 Å². The quantitative estimate of drug-likeness (QED) is 0.776. The van der Waals surface area contributed by atoms with E-state index in [1.807, 2.05) is 0 Å². The summed E-state index contributed by atoms with van der Waals surface area (Å²) in [6, 6.07) is 13.1. The summed E-state index contributed by atoms with van der Waals surface area (Å²) in [5.74, 6) is -0.609. The van der Waals surface area contributed by atoms with Gasteiger partial charge in [0.2, 0.25) is 5.91 Å². The highest BCUT2D eigenvalue weighted by Gasteiger charge is 2.16. The van der Waals surface area contributed by atoms with E-state index >= 15 is 0 Å². The van der Waals surface area contributed by atoms with Crippen molar-refractivity contribution in [2.75, 3.05) is 17.7 Å². The van der Waals surface area contributed by atoms with Gasteiger partial charge in [0.15, 0.2) is 6.10 Å². The maximum Gasteiger partial charge on any atom is 0.337 e. The molecule has 1 atom stereocenters. The molecule has 0 saturated carbocycles. The topological polar surface area (TPSA) is 93.7 Å². The number of carbonyl (C=O) groups is 3. The van der Waals surface area contributed by atoms with Crippen molar-refractivity contribution in [2.45, 2.75) is 20.0 Å². The SMILES string of the molecule is COC(=O)c1cccc(O[C@@H](C)C(=O)Nc2ccc(NC(C)=O)cc2)c1. The second-order valence-electron chi connectivity index (χ2n) is 5.53. The molecule has 2 aromatic carbocycles. The van der Waals surface area contributed by atoms with Crippen LogP contribution in [0.1, 0.15) is 24.2 Å². The lowest BCUT2D eigenvalue weighted by atomic mass is 10.2. The highest BCUT2D eigenvalue weighted by molar-refractivity contribution is 5.95. The molecule has 26 heavy (non-hydrogen) atoms. The number of methoxy groups -OCH3 is 1. The van der Waals surface area contributed by atoms with Crippen molar-refractivity contribution < 1.29 is 23.9 Å². The zero-order chi connectivity index (χ0) is 19.1. The number of anilines is 2. The van der Waals surface area contributed by atoms with Gasteiger partial charge in [-0.1, -0.05) is 6.07 Å². The van der Waals surface area contributed by atoms with Crippen LogP contribution in [0.25, 0.3) is 0 Å². The fraction of sp³-hybridized carbons (Fsp3) is 0.211. The maximum atomic E-state index is 12.3. The molecule has 7 heteroatoms. The number of ether oxygens (including phenoxy) is 2. The van der Waals surface area contributed by atoms with Gasteiger partial charge < -0.3 is 20.1 Å². The number of esters is 1. The number of hydrogen-bond donors (Lipinski definition) is 2. The minimum atomic E-state index is -0.780. The summed E-state index contributed by atoms with van der Waals surface area (Å²) < 4.78 is 10.2. The fourth-order valence-electron chi connectivity index (χ4n) is 2.16. The Hall–Kier alpha value is -3.35. The van der Waals surface area contributed by atoms with Crippen LogP contribution in [0.15, 0.2) is 48.5 Å². The van der Waals surface area contributed by atoms with E-state index in [1.165, 1.54) is 20.1 Å². The van der Waals surface area contributed by atoms with Gasteiger partial charge in [-0.2, -0.15) is 0 Å². The second-order valence-corrected chi connectivity index (χ2v) is 5.53. The molecule has 2 N–H and O–H groups in total. The number of carbonyl (C=O) groups excluding carboxylic acids is 3. The predicted molar refractivity (Wildman–Crippen MR) is 97.2 cm³/mol. The molecule has 0 bridgehead atoms. The van der Waals surface area contributed by atoms with E-state index in [0.29, 0.717) is 22.7 Å². The number of rotatable bonds is 6. The number of hydrogen-bond acceptors (Lipinski definition) is 5. The summed E-state index contributed by atoms with van der Waals surface area (Å²) in [6.45, 7) is 3.02. The van der Waals surface area contributed by atoms with Crippen molar-refractivity contribution in [1.29, 1.82) is 0 Å². The van der Waals surface area contributed by atoms with Gasteiger partial charge in [0.05, 0.1) is 12.7 Å². The minimum absolute atomic E-state index is 0.169. The van der Waals surface area contributed by atoms with Crippen LogP contribution in [-0.4, -0.2) is 31.0 Å². The minimum Gasteiger partial charge on any atom is -0.481 e. The zero-order valence-corrected chi connectivity index (χ0v) is 14.7. The van der Waals surface area contributed by atoms with Crippen LogP contribution in [-0.2, 0) is 14.3 Å². The molecular weight excluding hydrogens is 336 g/mol. The predicted octanol–water partition coefficient (Wildman–Crippen LogP) is 2.84. The van der Waals surface area contributed by atoms with Gasteiger partial charge in [-0.25, -0.2) is 4.79 Å². The van der Waals surface area contributed by atoms with E-state index in [9.17, 15) is 14.4 Å². The van der Waals surface area contributed by atoms with Gasteiger partial charge in [0, 0.05) is 18.3 Å². The third kappa shape index (κ3) is 5.34. The van der Waals surface area contributed by atoms with Crippen molar-refractivity contribution in [3.05, 3.63) is 54.1 Å². The van der Waals surface area contributed by atoms with E-state index in [-0.39, 0.29) is 11.8 Å². The molecule has 2 aromatic rings. The first-order valence-electron chi connectivity index (χ1n) is 7.92. The Morgan fingerprint density at radius 3 is 2.15 bits per heavy atom. The van der Waals surface area contributed by atoms with E-state index < -0.39 is 12.1 Å². The third-order valence-electron chi connectivity index (χ3n) is 3.41. The lowest BCUT2D eigenvalue weighted by Gasteiger charge is -2.15. The molecule has 0 spiro atoms. The highest BCUT2D eigenvalue weighted by atomic mass is 16.5. The third-order valence-corrected chi connectivity index (χ3v) is 3.41. The zero-order valence-electron chi connectivity index (χ0n) is 14.7. The molecule has 0 unspecified atom stereocenters. The molecule has 0 aromatic heterocycles. The summed E-state index contributed by atoms with van der Waals surface area (Å²) in [5, 5.41) is 5.37. The van der Waals surface area contributed by atoms with Crippen LogP contribution in [0.3, 0.4) is 0 Å². The van der Waals surface area contributed by atoms with Crippen LogP contribution >= 0.6 is 0 Å². The molecule has 7 nitrogen and oxygen atoms in total. The van der Waals surface area contributed by atoms with Gasteiger partial charge >= 0.3 is 5.97 Å². The van der Waals surface area contributed by atoms with Crippen LogP contribution in [0.5, 0.6) is 5.75 Å². The Morgan fingerprint density at radius 1 is 0.962 bits per heavy atom. The summed E-state index contributed by atoms with van der Waals surface area (Å²) in [7, 11) is 1.29. The molecule has 136 valence electrons. The Morgan fingerprint density at radius 2 is 1.58 bits per heavy atom. The smallest absolute Gasteiger partial charge is 0.337 e. The largest absolute Gasteiger partial charge is 0.481 e. The Labute approximate surface area is 151 Å².